The predicted molar refractivity (Wildman–Crippen MR) is 144 cm³/mol. The summed E-state index contributed by atoms with van der Waals surface area (Å²) >= 11 is 0. The van der Waals surface area contributed by atoms with Crippen LogP contribution in [-0.2, 0) is 0 Å². The quantitative estimate of drug-likeness (QED) is 0.339. The highest BCUT2D eigenvalue weighted by Gasteiger charge is 1.89. The van der Waals surface area contributed by atoms with Crippen molar-refractivity contribution in [3.8, 4) is 0 Å². The molecule has 0 saturated heterocycles. The van der Waals surface area contributed by atoms with Crippen molar-refractivity contribution in [2.75, 3.05) is 0 Å². The Morgan fingerprint density at radius 3 is 1.45 bits per heavy atom. The molecule has 0 amide bonds. The summed E-state index contributed by atoms with van der Waals surface area (Å²) in [7, 11) is 0. The second kappa shape index (κ2) is 33.7. The molecule has 1 aromatic rings. The van der Waals surface area contributed by atoms with Gasteiger partial charge in [-0.15, -0.1) is 6.58 Å². The van der Waals surface area contributed by atoms with Crippen molar-refractivity contribution in [2.24, 2.45) is 0 Å². The van der Waals surface area contributed by atoms with Crippen molar-refractivity contribution in [2.45, 2.75) is 102 Å². The predicted octanol–water partition coefficient (Wildman–Crippen LogP) is 11.0. The fourth-order valence-electron chi connectivity index (χ4n) is 1.54. The summed E-state index contributed by atoms with van der Waals surface area (Å²) < 4.78 is 0. The molecule has 0 heteroatoms. The average molecular weight is 403 g/mol. The maximum Gasteiger partial charge on any atom is -0.0233 e. The second-order valence-corrected chi connectivity index (χ2v) is 5.98. The standard InChI is InChI=1S/C10H12.C9H16.C4H8.3C2H6/c1-8(2)10-6-4-9(3)5-7-10;1-4-7-8-9(5-2)6-3;1-4(2)3;3*1-2/h4-7H,1H2,2-3H3;5,8H,2,4,6-7H2,1,3H3;1H2,2-3H3;3*1-2H3/b;9-8+;;;;. The van der Waals surface area contributed by atoms with E-state index in [0.717, 1.165) is 12.0 Å². The van der Waals surface area contributed by atoms with Gasteiger partial charge >= 0.3 is 0 Å². The number of hydrogen-bond donors (Lipinski definition) is 0. The smallest absolute Gasteiger partial charge is 0.0233 e. The highest BCUT2D eigenvalue weighted by molar-refractivity contribution is 5.61. The first kappa shape index (κ1) is 37.9. The fourth-order valence-corrected chi connectivity index (χ4v) is 1.54. The van der Waals surface area contributed by atoms with Gasteiger partial charge in [0, 0.05) is 0 Å². The van der Waals surface area contributed by atoms with Gasteiger partial charge in [0.1, 0.15) is 0 Å². The Labute approximate surface area is 186 Å². The van der Waals surface area contributed by atoms with Crippen molar-refractivity contribution in [3.05, 3.63) is 78.4 Å². The second-order valence-electron chi connectivity index (χ2n) is 5.98. The molecule has 170 valence electrons. The summed E-state index contributed by atoms with van der Waals surface area (Å²) in [5.74, 6) is 0. The van der Waals surface area contributed by atoms with Crippen molar-refractivity contribution in [3.63, 3.8) is 0 Å². The van der Waals surface area contributed by atoms with Crippen LogP contribution in [0.5, 0.6) is 0 Å². The molecule has 0 atom stereocenters. The van der Waals surface area contributed by atoms with Crippen LogP contribution in [0.15, 0.2) is 67.3 Å². The molecule has 0 aliphatic heterocycles. The van der Waals surface area contributed by atoms with Crippen LogP contribution in [0.3, 0.4) is 0 Å². The third-order valence-electron chi connectivity index (χ3n) is 2.91. The Morgan fingerprint density at radius 2 is 1.21 bits per heavy atom. The van der Waals surface area contributed by atoms with E-state index in [1.165, 1.54) is 35.1 Å². The minimum absolute atomic E-state index is 1.11. The first-order valence-electron chi connectivity index (χ1n) is 11.4. The van der Waals surface area contributed by atoms with Gasteiger partial charge in [0.05, 0.1) is 0 Å². The molecule has 0 fully saturated rings. The molecule has 0 radical (unpaired) electrons. The monoisotopic (exact) mass is 402 g/mol. The number of unbranched alkanes of at least 4 members (excludes halogenated alkanes) is 1. The average Bonchev–Trinajstić information content (AvgIpc) is 2.74. The zero-order chi connectivity index (χ0) is 24.3. The molecule has 0 spiro atoms. The van der Waals surface area contributed by atoms with Gasteiger partial charge in [0.15, 0.2) is 0 Å². The van der Waals surface area contributed by atoms with Crippen LogP contribution < -0.4 is 0 Å². The number of benzene rings is 1. The lowest BCUT2D eigenvalue weighted by atomic mass is 10.1. The van der Waals surface area contributed by atoms with Crippen LogP contribution in [0.1, 0.15) is 107 Å². The third-order valence-corrected chi connectivity index (χ3v) is 2.91. The largest absolute Gasteiger partial charge is 0.100 e. The van der Waals surface area contributed by atoms with E-state index in [2.05, 4.69) is 70.8 Å². The molecule has 0 N–H and O–H groups in total. The molecule has 0 aliphatic carbocycles. The van der Waals surface area contributed by atoms with Gasteiger partial charge in [-0.25, -0.2) is 0 Å². The van der Waals surface area contributed by atoms with E-state index in [1.807, 2.05) is 68.4 Å². The van der Waals surface area contributed by atoms with Crippen molar-refractivity contribution < 1.29 is 0 Å². The van der Waals surface area contributed by atoms with Gasteiger partial charge in [0.2, 0.25) is 0 Å². The van der Waals surface area contributed by atoms with E-state index in [4.69, 9.17) is 0 Å². The van der Waals surface area contributed by atoms with Crippen LogP contribution in [0.2, 0.25) is 0 Å². The van der Waals surface area contributed by atoms with Gasteiger partial charge in [-0.05, 0) is 46.1 Å². The molecule has 29 heavy (non-hydrogen) atoms. The topological polar surface area (TPSA) is 0 Å². The minimum Gasteiger partial charge on any atom is -0.100 e. The van der Waals surface area contributed by atoms with E-state index in [9.17, 15) is 0 Å². The SMILES string of the molecule is C=C(C)C.C=C(C)c1ccc(C)cc1.C=C/C(=C\CCC)CC.CC.CC.CC. The number of rotatable bonds is 5. The number of hydrogen-bond acceptors (Lipinski definition) is 0. The van der Waals surface area contributed by atoms with Crippen LogP contribution in [0.25, 0.3) is 5.57 Å². The summed E-state index contributed by atoms with van der Waals surface area (Å²) in [4.78, 5) is 0. The molecular formula is C29H54. The highest BCUT2D eigenvalue weighted by atomic mass is 13.9. The third kappa shape index (κ3) is 37.6. The zero-order valence-corrected chi connectivity index (χ0v) is 22.2. The summed E-state index contributed by atoms with van der Waals surface area (Å²) in [5.41, 5.74) is 6.19. The normalized spacial score (nSPS) is 8.34. The molecule has 0 aromatic heterocycles. The maximum absolute atomic E-state index is 3.86. The van der Waals surface area contributed by atoms with Gasteiger partial charge in [-0.2, -0.15) is 0 Å². The lowest BCUT2D eigenvalue weighted by molar-refractivity contribution is 0.942. The van der Waals surface area contributed by atoms with E-state index in [1.54, 1.807) is 0 Å². The fraction of sp³-hybridized carbons (Fsp3) is 0.517. The zero-order valence-electron chi connectivity index (χ0n) is 22.2. The van der Waals surface area contributed by atoms with Crippen LogP contribution >= 0.6 is 0 Å². The minimum atomic E-state index is 1.11. The number of allylic oxidation sites excluding steroid dienone is 5. The van der Waals surface area contributed by atoms with Crippen molar-refractivity contribution in [1.29, 1.82) is 0 Å². The molecule has 0 aliphatic rings. The lowest BCUT2D eigenvalue weighted by Crippen LogP contribution is -1.76. The Balaban J connectivity index is -0.0000000926. The highest BCUT2D eigenvalue weighted by Crippen LogP contribution is 2.11. The van der Waals surface area contributed by atoms with Crippen LogP contribution in [0, 0.1) is 6.92 Å². The lowest BCUT2D eigenvalue weighted by Gasteiger charge is -1.98. The molecule has 0 saturated carbocycles. The van der Waals surface area contributed by atoms with Gasteiger partial charge in [-0.3, -0.25) is 0 Å². The van der Waals surface area contributed by atoms with Crippen molar-refractivity contribution >= 4 is 5.57 Å². The van der Waals surface area contributed by atoms with Crippen LogP contribution in [0.4, 0.5) is 0 Å². The molecule has 0 heterocycles. The summed E-state index contributed by atoms with van der Waals surface area (Å²) in [6.45, 7) is 35.5. The Kier molecular flexibility index (Phi) is 44.1. The molecule has 0 unspecified atom stereocenters. The molecular weight excluding hydrogens is 348 g/mol. The van der Waals surface area contributed by atoms with Crippen LogP contribution in [-0.4, -0.2) is 0 Å². The van der Waals surface area contributed by atoms with Crippen molar-refractivity contribution in [1.82, 2.24) is 0 Å². The molecule has 1 aromatic carbocycles. The van der Waals surface area contributed by atoms with E-state index >= 15 is 0 Å². The molecule has 0 bridgehead atoms. The first-order chi connectivity index (χ1) is 13.8. The summed E-state index contributed by atoms with van der Waals surface area (Å²) in [5, 5.41) is 0. The van der Waals surface area contributed by atoms with E-state index < -0.39 is 0 Å². The number of aryl methyl sites for hydroxylation is 1. The maximum atomic E-state index is 3.86. The van der Waals surface area contributed by atoms with Gasteiger partial charge in [0.25, 0.3) is 0 Å². The summed E-state index contributed by atoms with van der Waals surface area (Å²) in [6, 6.07) is 8.39. The van der Waals surface area contributed by atoms with Gasteiger partial charge in [-0.1, -0.05) is 134 Å². The first-order valence-corrected chi connectivity index (χ1v) is 11.4. The molecule has 0 nitrogen and oxygen atoms in total. The van der Waals surface area contributed by atoms with E-state index in [0.29, 0.717) is 0 Å². The van der Waals surface area contributed by atoms with Gasteiger partial charge < -0.3 is 0 Å². The molecule has 1 rings (SSSR count). The van der Waals surface area contributed by atoms with E-state index in [-0.39, 0.29) is 0 Å². The Bertz CT molecular complexity index is 479. The Morgan fingerprint density at radius 1 is 0.828 bits per heavy atom. The Hall–Kier alpha value is -1.82. The summed E-state index contributed by atoms with van der Waals surface area (Å²) in [6.07, 6.45) is 7.73.